The highest BCUT2D eigenvalue weighted by Gasteiger charge is 2.31. The third-order valence-electron chi connectivity index (χ3n) is 4.68. The first kappa shape index (κ1) is 19.6. The number of furan rings is 1. The number of aromatic nitrogens is 3. The Bertz CT molecular complexity index is 966. The van der Waals surface area contributed by atoms with Gasteiger partial charge in [-0.25, -0.2) is 0 Å². The van der Waals surface area contributed by atoms with Crippen molar-refractivity contribution in [1.29, 1.82) is 0 Å². The number of carbonyl (C=O) groups is 1. The van der Waals surface area contributed by atoms with Gasteiger partial charge in [0.2, 0.25) is 5.91 Å². The number of nitrogens with one attached hydrogen (secondary N) is 1. The molecule has 1 unspecified atom stereocenters. The lowest BCUT2D eigenvalue weighted by atomic mass is 10.3. The van der Waals surface area contributed by atoms with E-state index in [1.165, 1.54) is 11.8 Å². The minimum Gasteiger partial charge on any atom is -0.492 e. The number of anilines is 1. The highest BCUT2D eigenvalue weighted by atomic mass is 32.2. The number of rotatable bonds is 9. The number of benzene rings is 1. The van der Waals surface area contributed by atoms with E-state index in [-0.39, 0.29) is 11.2 Å². The Kier molecular flexibility index (Phi) is 5.89. The lowest BCUT2D eigenvalue weighted by Gasteiger charge is -2.15. The first-order chi connectivity index (χ1) is 14.2. The molecule has 152 valence electrons. The maximum absolute atomic E-state index is 12.8. The molecule has 0 bridgehead atoms. The number of carbonyl (C=O) groups excluding carboxylic acids is 1. The van der Waals surface area contributed by atoms with E-state index in [1.807, 2.05) is 50.2 Å². The minimum absolute atomic E-state index is 0.109. The van der Waals surface area contributed by atoms with Gasteiger partial charge in [-0.05, 0) is 51.0 Å². The van der Waals surface area contributed by atoms with E-state index < -0.39 is 0 Å². The number of amides is 1. The second-order valence-corrected chi connectivity index (χ2v) is 8.27. The van der Waals surface area contributed by atoms with Crippen molar-refractivity contribution in [2.45, 2.75) is 49.6 Å². The predicted octanol–water partition coefficient (Wildman–Crippen LogP) is 4.31. The lowest BCUT2D eigenvalue weighted by Crippen LogP contribution is -2.23. The average Bonchev–Trinajstić information content (AvgIpc) is 3.29. The standard InChI is InChI=1S/C21H24N4O3S/c1-3-27-18-9-5-4-8-17(18)22-20(26)14(2)29-21-24-23-19(15-10-11-15)25(21)13-16-7-6-12-28-16/h4-9,12,14-15H,3,10-11,13H2,1-2H3,(H,22,26). The Morgan fingerprint density at radius 3 is 2.86 bits per heavy atom. The summed E-state index contributed by atoms with van der Waals surface area (Å²) in [5.41, 5.74) is 0.669. The topological polar surface area (TPSA) is 82.2 Å². The van der Waals surface area contributed by atoms with Crippen molar-refractivity contribution in [2.75, 3.05) is 11.9 Å². The largest absolute Gasteiger partial charge is 0.492 e. The normalized spacial score (nSPS) is 14.6. The highest BCUT2D eigenvalue weighted by Crippen LogP contribution is 2.40. The molecule has 2 heterocycles. The SMILES string of the molecule is CCOc1ccccc1NC(=O)C(C)Sc1nnc(C2CC2)n1Cc1ccco1. The van der Waals surface area contributed by atoms with E-state index in [9.17, 15) is 4.79 Å². The van der Waals surface area contributed by atoms with E-state index in [4.69, 9.17) is 9.15 Å². The lowest BCUT2D eigenvalue weighted by molar-refractivity contribution is -0.115. The maximum atomic E-state index is 12.8. The van der Waals surface area contributed by atoms with Gasteiger partial charge in [0.15, 0.2) is 5.16 Å². The van der Waals surface area contributed by atoms with E-state index in [0.29, 0.717) is 30.5 Å². The zero-order valence-electron chi connectivity index (χ0n) is 16.5. The van der Waals surface area contributed by atoms with Crippen molar-refractivity contribution in [1.82, 2.24) is 14.8 Å². The first-order valence-electron chi connectivity index (χ1n) is 9.80. The van der Waals surface area contributed by atoms with Gasteiger partial charge in [0.25, 0.3) is 0 Å². The molecule has 7 nitrogen and oxygen atoms in total. The van der Waals surface area contributed by atoms with Crippen LogP contribution in [0.3, 0.4) is 0 Å². The Labute approximate surface area is 173 Å². The van der Waals surface area contributed by atoms with Gasteiger partial charge in [-0.3, -0.25) is 9.36 Å². The quantitative estimate of drug-likeness (QED) is 0.527. The van der Waals surface area contributed by atoms with Crippen molar-refractivity contribution in [3.63, 3.8) is 0 Å². The van der Waals surface area contributed by atoms with Crippen molar-refractivity contribution < 1.29 is 13.9 Å². The van der Waals surface area contributed by atoms with Gasteiger partial charge in [-0.15, -0.1) is 10.2 Å². The van der Waals surface area contributed by atoms with Crippen molar-refractivity contribution in [2.24, 2.45) is 0 Å². The molecule has 0 aliphatic heterocycles. The van der Waals surface area contributed by atoms with Gasteiger partial charge >= 0.3 is 0 Å². The summed E-state index contributed by atoms with van der Waals surface area (Å²) >= 11 is 1.40. The molecule has 1 aliphatic rings. The van der Waals surface area contributed by atoms with Crippen LogP contribution < -0.4 is 10.1 Å². The molecule has 8 heteroatoms. The Balaban J connectivity index is 1.48. The fourth-order valence-electron chi connectivity index (χ4n) is 3.04. The van der Waals surface area contributed by atoms with E-state index >= 15 is 0 Å². The molecule has 1 atom stereocenters. The molecule has 0 spiro atoms. The molecule has 29 heavy (non-hydrogen) atoms. The molecule has 1 aromatic carbocycles. The molecule has 4 rings (SSSR count). The van der Waals surface area contributed by atoms with Crippen molar-refractivity contribution >= 4 is 23.4 Å². The van der Waals surface area contributed by atoms with Crippen LogP contribution in [0.4, 0.5) is 5.69 Å². The number of hydrogen-bond donors (Lipinski definition) is 1. The molecular formula is C21H24N4O3S. The molecule has 1 saturated carbocycles. The van der Waals surface area contributed by atoms with Crippen LogP contribution in [0.25, 0.3) is 0 Å². The number of ether oxygens (including phenoxy) is 1. The van der Waals surface area contributed by atoms with Crippen LogP contribution in [-0.4, -0.2) is 32.5 Å². The molecule has 1 N–H and O–H groups in total. The van der Waals surface area contributed by atoms with E-state index in [0.717, 1.165) is 29.6 Å². The molecule has 0 saturated heterocycles. The summed E-state index contributed by atoms with van der Waals surface area (Å²) in [5, 5.41) is 12.1. The smallest absolute Gasteiger partial charge is 0.237 e. The summed E-state index contributed by atoms with van der Waals surface area (Å²) in [6.07, 6.45) is 3.92. The molecule has 1 fully saturated rings. The van der Waals surface area contributed by atoms with Crippen LogP contribution >= 0.6 is 11.8 Å². The average molecular weight is 413 g/mol. The number of para-hydroxylation sites is 2. The van der Waals surface area contributed by atoms with Crippen LogP contribution in [0.2, 0.25) is 0 Å². The molecule has 2 aromatic heterocycles. The summed E-state index contributed by atoms with van der Waals surface area (Å²) in [4.78, 5) is 12.8. The number of hydrogen-bond acceptors (Lipinski definition) is 6. The third-order valence-corrected chi connectivity index (χ3v) is 5.76. The molecule has 3 aromatic rings. The van der Waals surface area contributed by atoms with Gasteiger partial charge < -0.3 is 14.5 Å². The highest BCUT2D eigenvalue weighted by molar-refractivity contribution is 8.00. The second kappa shape index (κ2) is 8.73. The van der Waals surface area contributed by atoms with Gasteiger partial charge in [0, 0.05) is 5.92 Å². The second-order valence-electron chi connectivity index (χ2n) is 6.96. The Hall–Kier alpha value is -2.74. The Morgan fingerprint density at radius 2 is 2.14 bits per heavy atom. The maximum Gasteiger partial charge on any atom is 0.237 e. The molecule has 0 radical (unpaired) electrons. The Morgan fingerprint density at radius 1 is 1.31 bits per heavy atom. The summed E-state index contributed by atoms with van der Waals surface area (Å²) < 4.78 is 13.2. The summed E-state index contributed by atoms with van der Waals surface area (Å²) in [6.45, 7) is 4.89. The monoisotopic (exact) mass is 412 g/mol. The zero-order valence-corrected chi connectivity index (χ0v) is 17.3. The van der Waals surface area contributed by atoms with Gasteiger partial charge in [0.05, 0.1) is 30.4 Å². The van der Waals surface area contributed by atoms with Crippen molar-refractivity contribution in [3.05, 3.63) is 54.2 Å². The van der Waals surface area contributed by atoms with Gasteiger partial charge in [0.1, 0.15) is 17.3 Å². The number of nitrogens with zero attached hydrogens (tertiary/aromatic N) is 3. The van der Waals surface area contributed by atoms with Gasteiger partial charge in [-0.2, -0.15) is 0 Å². The zero-order chi connectivity index (χ0) is 20.2. The fraction of sp³-hybridized carbons (Fsp3) is 0.381. The van der Waals surface area contributed by atoms with Gasteiger partial charge in [-0.1, -0.05) is 23.9 Å². The first-order valence-corrected chi connectivity index (χ1v) is 10.7. The fourth-order valence-corrected chi connectivity index (χ4v) is 3.89. The van der Waals surface area contributed by atoms with Crippen LogP contribution in [0.5, 0.6) is 5.75 Å². The third kappa shape index (κ3) is 4.64. The summed E-state index contributed by atoms with van der Waals surface area (Å²) in [5.74, 6) is 2.82. The molecular weight excluding hydrogens is 388 g/mol. The predicted molar refractivity (Wildman–Crippen MR) is 111 cm³/mol. The van der Waals surface area contributed by atoms with Crippen molar-refractivity contribution in [3.8, 4) is 5.75 Å². The minimum atomic E-state index is -0.351. The van der Waals surface area contributed by atoms with Crippen LogP contribution in [0.15, 0.2) is 52.2 Å². The molecule has 1 amide bonds. The van der Waals surface area contributed by atoms with Crippen LogP contribution in [0.1, 0.15) is 44.2 Å². The molecule has 1 aliphatic carbocycles. The van der Waals surface area contributed by atoms with E-state index in [1.54, 1.807) is 6.26 Å². The summed E-state index contributed by atoms with van der Waals surface area (Å²) in [6, 6.07) is 11.2. The van der Waals surface area contributed by atoms with E-state index in [2.05, 4.69) is 20.1 Å². The number of thioether (sulfide) groups is 1. The van der Waals surface area contributed by atoms with Crippen LogP contribution in [-0.2, 0) is 11.3 Å². The van der Waals surface area contributed by atoms with Crippen LogP contribution in [0, 0.1) is 0 Å². The summed E-state index contributed by atoms with van der Waals surface area (Å²) in [7, 11) is 0.